The molecule has 6 saturated carbocycles. The Bertz CT molecular complexity index is 4390. The summed E-state index contributed by atoms with van der Waals surface area (Å²) in [6, 6.07) is 39.7. The molecule has 0 radical (unpaired) electrons. The highest BCUT2D eigenvalue weighted by Crippen LogP contribution is 2.42. The summed E-state index contributed by atoms with van der Waals surface area (Å²) in [6.45, 7) is 16.5. The molecule has 6 aliphatic carbocycles. The highest BCUT2D eigenvalue weighted by Gasteiger charge is 2.39. The topological polar surface area (TPSA) is 205 Å². The number of fused-ring (bicyclic) bond motifs is 1. The van der Waals surface area contributed by atoms with Crippen molar-refractivity contribution in [1.82, 2.24) is 0 Å². The quantitative estimate of drug-likeness (QED) is 0.0978. The Morgan fingerprint density at radius 2 is 0.654 bits per heavy atom. The lowest BCUT2D eigenvalue weighted by Crippen LogP contribution is -2.23. The molecule has 0 saturated heterocycles. The van der Waals surface area contributed by atoms with Gasteiger partial charge in [-0.05, 0) is 191 Å². The number of carbonyl (C=O) groups excluding carboxylic acids is 12. The molecule has 564 valence electrons. The normalized spacial score (nSPS) is 17.6. The van der Waals surface area contributed by atoms with Crippen molar-refractivity contribution < 1.29 is 83.9 Å². The minimum atomic E-state index is -4.46. The van der Waals surface area contributed by atoms with E-state index in [1.807, 2.05) is 24.3 Å². The van der Waals surface area contributed by atoms with Gasteiger partial charge < -0.3 is 0 Å². The van der Waals surface area contributed by atoms with Crippen LogP contribution in [0.4, 0.5) is 26.3 Å². The summed E-state index contributed by atoms with van der Waals surface area (Å²) in [6.07, 6.45) is -0.852. The molecule has 0 atom stereocenters. The maximum Gasteiger partial charge on any atom is 0.416 e. The fraction of sp³-hybridized carbons (Fsp3) is 0.416. The van der Waals surface area contributed by atoms with Crippen molar-refractivity contribution in [2.45, 2.75) is 238 Å². The number of hydrogen-bond donors (Lipinski definition) is 0. The van der Waals surface area contributed by atoms with E-state index >= 15 is 0 Å². The molecule has 0 aliphatic heterocycles. The number of benzene rings is 7. The highest BCUT2D eigenvalue weighted by molar-refractivity contribution is 6.05. The monoisotopic (exact) mass is 1470 g/mol. The fourth-order valence-electron chi connectivity index (χ4n) is 15.6. The Kier molecular flexibility index (Phi) is 29.0. The van der Waals surface area contributed by atoms with Gasteiger partial charge >= 0.3 is 12.4 Å². The van der Waals surface area contributed by atoms with Crippen LogP contribution in [-0.4, -0.2) is 69.4 Å². The maximum absolute atomic E-state index is 12.8. The molecule has 0 amide bonds. The molecular weight excluding hydrogens is 1370 g/mol. The summed E-state index contributed by atoms with van der Waals surface area (Å²) < 4.78 is 76.7. The third-order valence-corrected chi connectivity index (χ3v) is 21.2. The van der Waals surface area contributed by atoms with Gasteiger partial charge in [0.15, 0.2) is 0 Å². The van der Waals surface area contributed by atoms with Crippen LogP contribution in [0.15, 0.2) is 133 Å². The zero-order valence-electron chi connectivity index (χ0n) is 62.2. The predicted molar refractivity (Wildman–Crippen MR) is 398 cm³/mol. The van der Waals surface area contributed by atoms with E-state index in [1.54, 1.807) is 13.0 Å². The summed E-state index contributed by atoms with van der Waals surface area (Å²) in [5.74, 6) is -0.981. The fourth-order valence-corrected chi connectivity index (χ4v) is 15.6. The smallest absolute Gasteiger partial charge is 0.299 e. The van der Waals surface area contributed by atoms with E-state index in [2.05, 4.69) is 115 Å². The Morgan fingerprint density at radius 3 is 1.06 bits per heavy atom. The second-order valence-electron chi connectivity index (χ2n) is 29.6. The van der Waals surface area contributed by atoms with E-state index in [9.17, 15) is 83.9 Å². The average molecular weight is 1470 g/mol. The van der Waals surface area contributed by atoms with Gasteiger partial charge in [0.25, 0.3) is 0 Å². The van der Waals surface area contributed by atoms with Gasteiger partial charge in [-0.25, -0.2) is 0 Å². The lowest BCUT2D eigenvalue weighted by molar-refractivity contribution is -0.139. The number of hydrogen-bond acceptors (Lipinski definition) is 12. The van der Waals surface area contributed by atoms with Crippen molar-refractivity contribution in [2.24, 2.45) is 0 Å². The van der Waals surface area contributed by atoms with Gasteiger partial charge in [0, 0.05) is 77.0 Å². The van der Waals surface area contributed by atoms with Crippen molar-refractivity contribution in [3.63, 3.8) is 0 Å². The van der Waals surface area contributed by atoms with Gasteiger partial charge in [0.1, 0.15) is 69.4 Å². The van der Waals surface area contributed by atoms with Crippen molar-refractivity contribution in [1.29, 1.82) is 0 Å². The van der Waals surface area contributed by atoms with Crippen LogP contribution in [-0.2, 0) is 82.7 Å². The van der Waals surface area contributed by atoms with Crippen LogP contribution in [0.25, 0.3) is 10.8 Å². The molecule has 0 aromatic heterocycles. The first-order valence-corrected chi connectivity index (χ1v) is 36.8. The third-order valence-electron chi connectivity index (χ3n) is 21.2. The first-order chi connectivity index (χ1) is 50.6. The summed E-state index contributed by atoms with van der Waals surface area (Å²) in [4.78, 5) is 137. The first-order valence-electron chi connectivity index (χ1n) is 36.8. The molecular formula is C89H94F6O12. The molecule has 12 nitrogen and oxygen atoms in total. The zero-order chi connectivity index (χ0) is 78.2. The highest BCUT2D eigenvalue weighted by atomic mass is 19.4. The second-order valence-corrected chi connectivity index (χ2v) is 29.6. The summed E-state index contributed by atoms with van der Waals surface area (Å²) >= 11 is 0. The molecule has 7 aromatic rings. The van der Waals surface area contributed by atoms with Crippen LogP contribution in [0.2, 0.25) is 0 Å². The molecule has 0 bridgehead atoms. The molecule has 0 unspecified atom stereocenters. The van der Waals surface area contributed by atoms with E-state index in [-0.39, 0.29) is 163 Å². The van der Waals surface area contributed by atoms with Crippen LogP contribution in [0.3, 0.4) is 0 Å². The van der Waals surface area contributed by atoms with Gasteiger partial charge in [-0.1, -0.05) is 141 Å². The van der Waals surface area contributed by atoms with Gasteiger partial charge in [-0.3, -0.25) is 57.5 Å². The number of carbonyl (C=O) groups is 12. The number of rotatable bonds is 9. The summed E-state index contributed by atoms with van der Waals surface area (Å²) in [7, 11) is 0. The third kappa shape index (κ3) is 23.5. The largest absolute Gasteiger partial charge is 0.416 e. The molecule has 107 heavy (non-hydrogen) atoms. The molecule has 7 aromatic carbocycles. The van der Waals surface area contributed by atoms with Crippen molar-refractivity contribution in [3.8, 4) is 0 Å². The molecule has 0 N–H and O–H groups in total. The summed E-state index contributed by atoms with van der Waals surface area (Å²) in [5.41, 5.74) is 13.1. The second kappa shape index (κ2) is 37.3. The number of aryl methyl sites for hydroxylation is 3. The molecule has 18 heteroatoms. The van der Waals surface area contributed by atoms with Crippen molar-refractivity contribution in [3.05, 3.63) is 222 Å². The Hall–Kier alpha value is -9.58. The van der Waals surface area contributed by atoms with Crippen molar-refractivity contribution >= 4 is 80.2 Å². The van der Waals surface area contributed by atoms with Crippen LogP contribution in [0.1, 0.15) is 260 Å². The lowest BCUT2D eigenvalue weighted by atomic mass is 9.76. The molecule has 0 heterocycles. The summed E-state index contributed by atoms with van der Waals surface area (Å²) in [5, 5.41) is 2.33. The van der Waals surface area contributed by atoms with Gasteiger partial charge in [0.05, 0.1) is 49.7 Å². The number of ketones is 12. The van der Waals surface area contributed by atoms with Crippen molar-refractivity contribution in [2.75, 3.05) is 0 Å². The van der Waals surface area contributed by atoms with E-state index < -0.39 is 35.3 Å². The van der Waals surface area contributed by atoms with Gasteiger partial charge in [-0.15, -0.1) is 0 Å². The van der Waals surface area contributed by atoms with Crippen LogP contribution in [0, 0.1) is 41.5 Å². The first kappa shape index (κ1) is 83.1. The Labute approximate surface area is 621 Å². The lowest BCUT2D eigenvalue weighted by Gasteiger charge is -2.27. The average Bonchev–Trinajstić information content (AvgIpc) is 0.783. The predicted octanol–water partition coefficient (Wildman–Crippen LogP) is 19.1. The standard InChI is InChI=1S/C17H22O2.C16H14O2.C15H18O2.C14H13F3O2.C14H16O2.C13H11F3O2/c1-9-10(2)12(4)17(13(5)11(9)3)14-6-15(18)8-16(19)7-14;17-13-8-12(9-14(18)10-13)16-7-3-5-11-4-1-2-6-15(11)16;1-2-3-11-4-6-12(7-5-11)13-8-14(16)10-15(17)9-13;1-8-2-9(4-11(3-8)14(15,16)17)10-5-12(18)7-13(19)6-10;1-2-10-3-5-11(6-4-10)12-7-13(15)9-14(16)8-12;14-13(15,16)12-4-2-1-3-11(12)8-5-9(17)7-10(18)6-8/h14H,6-8H2,1-5H3;1-7,12H,8-10H2;4-7,13H,2-3,8-10H2,1H3;2-4,10H,5-7H2,1H3;3-6,12H,2,7-9H2,1H3;1-4,8H,5-7H2. The van der Waals surface area contributed by atoms with Gasteiger partial charge in [-0.2, -0.15) is 26.3 Å². The van der Waals surface area contributed by atoms with Gasteiger partial charge in [0.2, 0.25) is 0 Å². The minimum Gasteiger partial charge on any atom is -0.299 e. The number of Topliss-reactive ketones (excluding diaryl/α,β-unsaturated/α-hetero) is 12. The Balaban J connectivity index is 0.000000162. The molecule has 6 aliphatic rings. The van der Waals surface area contributed by atoms with Crippen LogP contribution in [0.5, 0.6) is 0 Å². The number of alkyl halides is 6. The molecule has 0 spiro atoms. The minimum absolute atomic E-state index is 0.0127. The SMILES string of the molecule is CCCc1ccc(C2CC(=O)CC(=O)C2)cc1.CCc1ccc(C2CC(=O)CC(=O)C2)cc1.Cc1c(C)c(C)c(C2CC(=O)CC(=O)C2)c(C)c1C.Cc1cc(C2CC(=O)CC(=O)C2)cc(C(F)(F)F)c1.O=C1CC(=O)CC(c2cccc3ccccc23)C1.O=C1CC(=O)CC(c2ccccc2C(F)(F)F)C1. The number of halogens is 6. The van der Waals surface area contributed by atoms with E-state index in [1.165, 1.54) is 68.1 Å². The zero-order valence-corrected chi connectivity index (χ0v) is 62.2. The van der Waals surface area contributed by atoms with Crippen LogP contribution < -0.4 is 0 Å². The molecule has 13 rings (SSSR count). The van der Waals surface area contributed by atoms with E-state index in [0.29, 0.717) is 62.5 Å². The maximum atomic E-state index is 12.8. The van der Waals surface area contributed by atoms with E-state index in [4.69, 9.17) is 0 Å². The molecule has 6 fully saturated rings. The Morgan fingerprint density at radius 1 is 0.318 bits per heavy atom. The van der Waals surface area contributed by atoms with E-state index in [0.717, 1.165) is 59.5 Å². The van der Waals surface area contributed by atoms with Crippen LogP contribution >= 0.6 is 0 Å².